The number of benzene rings is 1. The van der Waals surface area contributed by atoms with Gasteiger partial charge in [0.05, 0.1) is 24.1 Å². The monoisotopic (exact) mass is 283 g/mol. The van der Waals surface area contributed by atoms with Gasteiger partial charge >= 0.3 is 0 Å². The normalized spacial score (nSPS) is 11.5. The molecule has 0 aliphatic rings. The van der Waals surface area contributed by atoms with E-state index in [-0.39, 0.29) is 17.0 Å². The van der Waals surface area contributed by atoms with E-state index >= 15 is 0 Å². The summed E-state index contributed by atoms with van der Waals surface area (Å²) >= 11 is 0. The molecule has 0 spiro atoms. The van der Waals surface area contributed by atoms with E-state index in [0.29, 0.717) is 0 Å². The first-order chi connectivity index (χ1) is 9.36. The summed E-state index contributed by atoms with van der Waals surface area (Å²) in [5, 5.41) is 22.1. The SMILES string of the molecule is COc1ccc([N+](=O)[O-])cc1C(=O)NCC(O)C(N)=O. The number of amides is 2. The summed E-state index contributed by atoms with van der Waals surface area (Å²) in [7, 11) is 1.30. The number of nitrogens with two attached hydrogens (primary N) is 1. The Morgan fingerprint density at radius 1 is 1.55 bits per heavy atom. The van der Waals surface area contributed by atoms with Crippen LogP contribution < -0.4 is 15.8 Å². The van der Waals surface area contributed by atoms with Gasteiger partial charge in [-0.1, -0.05) is 0 Å². The van der Waals surface area contributed by atoms with Crippen molar-refractivity contribution in [2.24, 2.45) is 5.73 Å². The van der Waals surface area contributed by atoms with Gasteiger partial charge in [0.25, 0.3) is 11.6 Å². The van der Waals surface area contributed by atoms with E-state index < -0.39 is 29.4 Å². The predicted molar refractivity (Wildman–Crippen MR) is 67.2 cm³/mol. The Kier molecular flexibility index (Phi) is 4.98. The van der Waals surface area contributed by atoms with Crippen molar-refractivity contribution < 1.29 is 24.4 Å². The van der Waals surface area contributed by atoms with Crippen LogP contribution in [0.15, 0.2) is 18.2 Å². The van der Waals surface area contributed by atoms with E-state index in [0.717, 1.165) is 6.07 Å². The van der Waals surface area contributed by atoms with E-state index in [9.17, 15) is 19.7 Å². The highest BCUT2D eigenvalue weighted by Gasteiger charge is 2.19. The minimum absolute atomic E-state index is 0.0848. The van der Waals surface area contributed by atoms with Gasteiger partial charge in [0.15, 0.2) is 0 Å². The van der Waals surface area contributed by atoms with Crippen molar-refractivity contribution >= 4 is 17.5 Å². The lowest BCUT2D eigenvalue weighted by Gasteiger charge is -2.11. The van der Waals surface area contributed by atoms with Gasteiger partial charge in [-0.15, -0.1) is 0 Å². The first kappa shape index (κ1) is 15.4. The molecule has 0 aliphatic heterocycles. The van der Waals surface area contributed by atoms with Crippen LogP contribution in [0, 0.1) is 10.1 Å². The van der Waals surface area contributed by atoms with Crippen LogP contribution in [0.2, 0.25) is 0 Å². The van der Waals surface area contributed by atoms with Crippen LogP contribution in [0.3, 0.4) is 0 Å². The molecule has 0 saturated heterocycles. The first-order valence-corrected chi connectivity index (χ1v) is 5.44. The number of carbonyl (C=O) groups excluding carboxylic acids is 2. The van der Waals surface area contributed by atoms with Gasteiger partial charge in [0, 0.05) is 12.1 Å². The molecule has 0 bridgehead atoms. The maximum atomic E-state index is 11.8. The van der Waals surface area contributed by atoms with Crippen LogP contribution in [-0.2, 0) is 4.79 Å². The van der Waals surface area contributed by atoms with Gasteiger partial charge in [0.2, 0.25) is 5.91 Å². The van der Waals surface area contributed by atoms with Gasteiger partial charge in [-0.25, -0.2) is 0 Å². The molecule has 0 aromatic heterocycles. The Bertz CT molecular complexity index is 545. The number of nitro groups is 1. The van der Waals surface area contributed by atoms with Crippen LogP contribution in [0.5, 0.6) is 5.75 Å². The second kappa shape index (κ2) is 6.48. The average Bonchev–Trinajstić information content (AvgIpc) is 2.43. The maximum Gasteiger partial charge on any atom is 0.270 e. The topological polar surface area (TPSA) is 145 Å². The van der Waals surface area contributed by atoms with E-state index in [1.807, 2.05) is 0 Å². The van der Waals surface area contributed by atoms with E-state index in [4.69, 9.17) is 15.6 Å². The van der Waals surface area contributed by atoms with Crippen LogP contribution in [0.1, 0.15) is 10.4 Å². The fraction of sp³-hybridized carbons (Fsp3) is 0.273. The Labute approximate surface area is 113 Å². The summed E-state index contributed by atoms with van der Waals surface area (Å²) in [6.45, 7) is -0.403. The number of nitrogens with zero attached hydrogens (tertiary/aromatic N) is 1. The number of hydrogen-bond donors (Lipinski definition) is 3. The van der Waals surface area contributed by atoms with Crippen molar-refractivity contribution in [3.05, 3.63) is 33.9 Å². The molecule has 108 valence electrons. The van der Waals surface area contributed by atoms with Crippen molar-refractivity contribution in [1.29, 1.82) is 0 Å². The molecule has 0 saturated carbocycles. The fourth-order valence-corrected chi connectivity index (χ4v) is 1.37. The third-order valence-electron chi connectivity index (χ3n) is 2.42. The number of hydrogen-bond acceptors (Lipinski definition) is 6. The predicted octanol–water partition coefficient (Wildman–Crippen LogP) is -0.821. The van der Waals surface area contributed by atoms with Crippen LogP contribution >= 0.6 is 0 Å². The highest BCUT2D eigenvalue weighted by molar-refractivity contribution is 5.97. The lowest BCUT2D eigenvalue weighted by molar-refractivity contribution is -0.384. The van der Waals surface area contributed by atoms with Crippen molar-refractivity contribution in [1.82, 2.24) is 5.32 Å². The highest BCUT2D eigenvalue weighted by atomic mass is 16.6. The second-order valence-corrected chi connectivity index (χ2v) is 3.77. The first-order valence-electron chi connectivity index (χ1n) is 5.44. The average molecular weight is 283 g/mol. The van der Waals surface area contributed by atoms with Crippen molar-refractivity contribution in [2.75, 3.05) is 13.7 Å². The number of primary amides is 1. The van der Waals surface area contributed by atoms with Gasteiger partial charge in [-0.2, -0.15) is 0 Å². The van der Waals surface area contributed by atoms with Crippen LogP contribution in [-0.4, -0.2) is 41.6 Å². The van der Waals surface area contributed by atoms with Gasteiger partial charge in [0.1, 0.15) is 11.9 Å². The molecular weight excluding hydrogens is 270 g/mol. The quantitative estimate of drug-likeness (QED) is 0.459. The number of aliphatic hydroxyl groups is 1. The van der Waals surface area contributed by atoms with Crippen molar-refractivity contribution in [3.8, 4) is 5.75 Å². The molecule has 1 aromatic carbocycles. The third kappa shape index (κ3) is 3.65. The number of rotatable bonds is 6. The Hall–Kier alpha value is -2.68. The fourth-order valence-electron chi connectivity index (χ4n) is 1.37. The molecule has 2 amide bonds. The molecule has 1 aromatic rings. The second-order valence-electron chi connectivity index (χ2n) is 3.77. The molecular formula is C11H13N3O6. The Balaban J connectivity index is 2.93. The lowest BCUT2D eigenvalue weighted by Crippen LogP contribution is -2.40. The largest absolute Gasteiger partial charge is 0.496 e. The van der Waals surface area contributed by atoms with Gasteiger partial charge < -0.3 is 20.9 Å². The Morgan fingerprint density at radius 3 is 2.70 bits per heavy atom. The zero-order valence-corrected chi connectivity index (χ0v) is 10.5. The molecule has 4 N–H and O–H groups in total. The maximum absolute atomic E-state index is 11.8. The summed E-state index contributed by atoms with van der Waals surface area (Å²) in [6.07, 6.45) is -1.54. The zero-order chi connectivity index (χ0) is 15.3. The number of non-ortho nitro benzene ring substituents is 1. The number of methoxy groups -OCH3 is 1. The van der Waals surface area contributed by atoms with Crippen LogP contribution in [0.25, 0.3) is 0 Å². The minimum Gasteiger partial charge on any atom is -0.496 e. The van der Waals surface area contributed by atoms with E-state index in [2.05, 4.69) is 5.32 Å². The summed E-state index contributed by atoms with van der Waals surface area (Å²) in [5.74, 6) is -1.59. The number of carbonyl (C=O) groups is 2. The number of nitro benzene ring substituents is 1. The van der Waals surface area contributed by atoms with Crippen LogP contribution in [0.4, 0.5) is 5.69 Å². The van der Waals surface area contributed by atoms with Gasteiger partial charge in [-0.3, -0.25) is 19.7 Å². The minimum atomic E-state index is -1.54. The molecule has 1 rings (SSSR count). The summed E-state index contributed by atoms with van der Waals surface area (Å²) in [4.78, 5) is 32.5. The number of nitrogens with one attached hydrogen (secondary N) is 1. The molecule has 1 unspecified atom stereocenters. The van der Waals surface area contributed by atoms with Crippen molar-refractivity contribution in [3.63, 3.8) is 0 Å². The van der Waals surface area contributed by atoms with Crippen molar-refractivity contribution in [2.45, 2.75) is 6.10 Å². The molecule has 0 fully saturated rings. The molecule has 1 atom stereocenters. The summed E-state index contributed by atoms with van der Waals surface area (Å²) in [6, 6.07) is 3.50. The zero-order valence-electron chi connectivity index (χ0n) is 10.5. The molecule has 0 heterocycles. The Morgan fingerprint density at radius 2 is 2.20 bits per heavy atom. The summed E-state index contributed by atoms with van der Waals surface area (Å²) < 4.78 is 4.92. The van der Waals surface area contributed by atoms with E-state index in [1.165, 1.54) is 19.2 Å². The molecule has 9 heteroatoms. The number of ether oxygens (including phenoxy) is 1. The van der Waals surface area contributed by atoms with E-state index in [1.54, 1.807) is 0 Å². The standard InChI is InChI=1S/C11H13N3O6/c1-20-9-3-2-6(14(18)19)4-7(9)11(17)13-5-8(15)10(12)16/h2-4,8,15H,5H2,1H3,(H2,12,16)(H,13,17). The highest BCUT2D eigenvalue weighted by Crippen LogP contribution is 2.23. The van der Waals surface area contributed by atoms with Gasteiger partial charge in [-0.05, 0) is 6.07 Å². The molecule has 20 heavy (non-hydrogen) atoms. The number of aliphatic hydroxyl groups excluding tert-OH is 1. The smallest absolute Gasteiger partial charge is 0.270 e. The molecule has 0 aliphatic carbocycles. The molecule has 9 nitrogen and oxygen atoms in total. The molecule has 0 radical (unpaired) electrons. The lowest BCUT2D eigenvalue weighted by atomic mass is 10.1. The summed E-state index contributed by atoms with van der Waals surface area (Å²) in [5.41, 5.74) is 4.46. The third-order valence-corrected chi connectivity index (χ3v) is 2.42.